The van der Waals surface area contributed by atoms with E-state index in [9.17, 15) is 0 Å². The molecule has 0 aliphatic heterocycles. The zero-order valence-electron chi connectivity index (χ0n) is 11.2. The van der Waals surface area contributed by atoms with E-state index in [4.69, 9.17) is 5.73 Å². The first-order valence-corrected chi connectivity index (χ1v) is 8.03. The highest BCUT2D eigenvalue weighted by Crippen LogP contribution is 2.41. The smallest absolute Gasteiger partial charge is 0.181 e. The van der Waals surface area contributed by atoms with Crippen LogP contribution in [0.5, 0.6) is 0 Å². The lowest BCUT2D eigenvalue weighted by Crippen LogP contribution is -2.22. The molecule has 0 aliphatic rings. The molecule has 3 rings (SSSR count). The molecule has 3 aromatic heterocycles. The summed E-state index contributed by atoms with van der Waals surface area (Å²) in [7, 11) is 0. The molecule has 0 bridgehead atoms. The average molecular weight is 305 g/mol. The van der Waals surface area contributed by atoms with Gasteiger partial charge in [0.15, 0.2) is 5.65 Å². The number of thiophene rings is 1. The fourth-order valence-electron chi connectivity index (χ4n) is 2.03. The number of rotatable bonds is 4. The number of nitrogens with zero attached hydrogens (tertiary/aromatic N) is 3. The Balaban J connectivity index is 1.99. The lowest BCUT2D eigenvalue weighted by Gasteiger charge is -2.19. The summed E-state index contributed by atoms with van der Waals surface area (Å²) in [5.41, 5.74) is 9.02. The highest BCUT2D eigenvalue weighted by molar-refractivity contribution is 7.99. The molecule has 0 spiro atoms. The molecular formula is C13H15N5S2. The van der Waals surface area contributed by atoms with Gasteiger partial charge in [0, 0.05) is 10.9 Å². The summed E-state index contributed by atoms with van der Waals surface area (Å²) >= 11 is 3.41. The third-order valence-electron chi connectivity index (χ3n) is 3.06. The molecule has 3 aromatic rings. The predicted octanol–water partition coefficient (Wildman–Crippen LogP) is 2.90. The Morgan fingerprint density at radius 3 is 2.90 bits per heavy atom. The molecule has 0 fully saturated rings. The van der Waals surface area contributed by atoms with Crippen molar-refractivity contribution in [3.63, 3.8) is 0 Å². The second-order valence-corrected chi connectivity index (χ2v) is 6.72. The van der Waals surface area contributed by atoms with Gasteiger partial charge in [-0.15, -0.1) is 11.3 Å². The standard InChI is InChI=1S/C13H15N5S2/c1-7-3-4-19-10(7)11(8(2)14)20-13-9-12(16-5-15-9)17-6-18-13/h3-6,8,11H,14H2,1-2H3,(H,15,16,17,18). The van der Waals surface area contributed by atoms with Crippen LogP contribution < -0.4 is 5.73 Å². The van der Waals surface area contributed by atoms with Crippen LogP contribution in [0.4, 0.5) is 0 Å². The van der Waals surface area contributed by atoms with E-state index in [1.807, 2.05) is 6.92 Å². The largest absolute Gasteiger partial charge is 0.341 e. The average Bonchev–Trinajstić information content (AvgIpc) is 3.04. The normalized spacial score (nSPS) is 14.6. The van der Waals surface area contributed by atoms with Gasteiger partial charge in [-0.1, -0.05) is 11.8 Å². The summed E-state index contributed by atoms with van der Waals surface area (Å²) in [4.78, 5) is 17.1. The number of aromatic amines is 1. The lowest BCUT2D eigenvalue weighted by atomic mass is 10.1. The maximum atomic E-state index is 6.18. The highest BCUT2D eigenvalue weighted by Gasteiger charge is 2.23. The van der Waals surface area contributed by atoms with Crippen molar-refractivity contribution in [1.29, 1.82) is 0 Å². The van der Waals surface area contributed by atoms with Gasteiger partial charge in [-0.05, 0) is 30.9 Å². The Hall–Kier alpha value is -1.44. The molecule has 0 saturated heterocycles. The highest BCUT2D eigenvalue weighted by atomic mass is 32.2. The van der Waals surface area contributed by atoms with Gasteiger partial charge >= 0.3 is 0 Å². The fourth-order valence-corrected chi connectivity index (χ4v) is 4.48. The first-order valence-electron chi connectivity index (χ1n) is 6.27. The van der Waals surface area contributed by atoms with Crippen LogP contribution in [0.3, 0.4) is 0 Å². The minimum Gasteiger partial charge on any atom is -0.341 e. The molecule has 2 unspecified atom stereocenters. The minimum atomic E-state index is 0.0327. The van der Waals surface area contributed by atoms with Crippen LogP contribution in [0.15, 0.2) is 29.1 Å². The number of nitrogens with two attached hydrogens (primary N) is 1. The SMILES string of the molecule is Cc1ccsc1C(Sc1ncnc2nc[nH]c12)C(C)N. The minimum absolute atomic E-state index is 0.0327. The molecule has 7 heteroatoms. The number of hydrogen-bond donors (Lipinski definition) is 2. The van der Waals surface area contributed by atoms with Crippen molar-refractivity contribution >= 4 is 34.3 Å². The third-order valence-corrected chi connectivity index (χ3v) is 5.77. The zero-order chi connectivity index (χ0) is 14.1. The summed E-state index contributed by atoms with van der Waals surface area (Å²) < 4.78 is 0. The van der Waals surface area contributed by atoms with Crippen LogP contribution in [-0.4, -0.2) is 26.0 Å². The molecule has 104 valence electrons. The van der Waals surface area contributed by atoms with Crippen LogP contribution in [0.25, 0.3) is 11.2 Å². The summed E-state index contributed by atoms with van der Waals surface area (Å²) in [5, 5.41) is 3.17. The zero-order valence-corrected chi connectivity index (χ0v) is 12.8. The quantitative estimate of drug-likeness (QED) is 0.572. The van der Waals surface area contributed by atoms with Crippen molar-refractivity contribution in [1.82, 2.24) is 19.9 Å². The van der Waals surface area contributed by atoms with Gasteiger partial charge < -0.3 is 10.7 Å². The van der Waals surface area contributed by atoms with Crippen LogP contribution in [0.2, 0.25) is 0 Å². The van der Waals surface area contributed by atoms with E-state index in [1.165, 1.54) is 10.4 Å². The van der Waals surface area contributed by atoms with Crippen molar-refractivity contribution in [3.05, 3.63) is 34.5 Å². The van der Waals surface area contributed by atoms with Gasteiger partial charge in [0.25, 0.3) is 0 Å². The second-order valence-electron chi connectivity index (χ2n) is 4.65. The number of hydrogen-bond acceptors (Lipinski definition) is 6. The molecule has 5 nitrogen and oxygen atoms in total. The second kappa shape index (κ2) is 5.51. The molecule has 0 amide bonds. The Morgan fingerprint density at radius 2 is 2.20 bits per heavy atom. The molecule has 3 N–H and O–H groups in total. The number of imidazole rings is 1. The molecule has 2 atom stereocenters. The number of nitrogens with one attached hydrogen (secondary N) is 1. The predicted molar refractivity (Wildman–Crippen MR) is 83.0 cm³/mol. The van der Waals surface area contributed by atoms with Crippen molar-refractivity contribution in [2.24, 2.45) is 5.73 Å². The van der Waals surface area contributed by atoms with E-state index in [2.05, 4.69) is 38.3 Å². The number of thioether (sulfide) groups is 1. The monoisotopic (exact) mass is 305 g/mol. The number of aromatic nitrogens is 4. The summed E-state index contributed by atoms with van der Waals surface area (Å²) in [6.07, 6.45) is 3.19. The van der Waals surface area contributed by atoms with Gasteiger partial charge in [-0.3, -0.25) is 0 Å². The molecule has 0 aromatic carbocycles. The van der Waals surface area contributed by atoms with Gasteiger partial charge in [0.05, 0.1) is 11.6 Å². The van der Waals surface area contributed by atoms with Crippen LogP contribution in [0.1, 0.15) is 22.6 Å². The number of aryl methyl sites for hydroxylation is 1. The molecule has 0 aliphatic carbocycles. The maximum Gasteiger partial charge on any atom is 0.181 e. The lowest BCUT2D eigenvalue weighted by molar-refractivity contribution is 0.726. The van der Waals surface area contributed by atoms with Crippen LogP contribution in [-0.2, 0) is 0 Å². The van der Waals surface area contributed by atoms with E-state index in [1.54, 1.807) is 35.8 Å². The van der Waals surface area contributed by atoms with Crippen molar-refractivity contribution < 1.29 is 0 Å². The summed E-state index contributed by atoms with van der Waals surface area (Å²) in [5.74, 6) is 0. The molecule has 3 heterocycles. The van der Waals surface area contributed by atoms with Crippen molar-refractivity contribution in [2.75, 3.05) is 0 Å². The summed E-state index contributed by atoms with van der Waals surface area (Å²) in [6, 6.07) is 2.16. The first-order chi connectivity index (χ1) is 9.66. The first kappa shape index (κ1) is 13.5. The molecule has 20 heavy (non-hydrogen) atoms. The molecular weight excluding hydrogens is 290 g/mol. The van der Waals surface area contributed by atoms with Gasteiger partial charge in [0.1, 0.15) is 16.9 Å². The third kappa shape index (κ3) is 2.44. The Kier molecular flexibility index (Phi) is 3.73. The molecule has 0 radical (unpaired) electrons. The number of fused-ring (bicyclic) bond motifs is 1. The van der Waals surface area contributed by atoms with Crippen molar-refractivity contribution in [2.45, 2.75) is 30.2 Å². The van der Waals surface area contributed by atoms with Gasteiger partial charge in [0.2, 0.25) is 0 Å². The van der Waals surface area contributed by atoms with Crippen molar-refractivity contribution in [3.8, 4) is 0 Å². The van der Waals surface area contributed by atoms with Crippen LogP contribution >= 0.6 is 23.1 Å². The summed E-state index contributed by atoms with van der Waals surface area (Å²) in [6.45, 7) is 4.15. The van der Waals surface area contributed by atoms with E-state index in [-0.39, 0.29) is 11.3 Å². The maximum absolute atomic E-state index is 6.18. The fraction of sp³-hybridized carbons (Fsp3) is 0.308. The van der Waals surface area contributed by atoms with E-state index < -0.39 is 0 Å². The van der Waals surface area contributed by atoms with E-state index in [0.717, 1.165) is 10.5 Å². The number of H-pyrrole nitrogens is 1. The molecule has 0 saturated carbocycles. The van der Waals surface area contributed by atoms with Gasteiger partial charge in [-0.25, -0.2) is 15.0 Å². The Morgan fingerprint density at radius 1 is 1.35 bits per heavy atom. The van der Waals surface area contributed by atoms with Crippen LogP contribution in [0, 0.1) is 6.92 Å². The Labute approximate surface area is 125 Å². The van der Waals surface area contributed by atoms with E-state index >= 15 is 0 Å². The topological polar surface area (TPSA) is 80.5 Å². The Bertz CT molecular complexity index is 718. The van der Waals surface area contributed by atoms with E-state index in [0.29, 0.717) is 5.65 Å². The van der Waals surface area contributed by atoms with Gasteiger partial charge in [-0.2, -0.15) is 0 Å².